The van der Waals surface area contributed by atoms with Crippen LogP contribution in [0, 0.1) is 0 Å². The summed E-state index contributed by atoms with van der Waals surface area (Å²) >= 11 is 11.9. The zero-order valence-corrected chi connectivity index (χ0v) is 17.3. The van der Waals surface area contributed by atoms with E-state index in [1.54, 1.807) is 23.1 Å². The first-order chi connectivity index (χ1) is 14.0. The molecule has 154 valence electrons. The summed E-state index contributed by atoms with van der Waals surface area (Å²) in [7, 11) is 0. The summed E-state index contributed by atoms with van der Waals surface area (Å²) < 4.78 is 10.7. The average molecular weight is 437 g/mol. The second-order valence-corrected chi connectivity index (χ2v) is 7.57. The van der Waals surface area contributed by atoms with Gasteiger partial charge in [-0.3, -0.25) is 4.79 Å². The number of nitrogens with one attached hydrogen (secondary N) is 1. The van der Waals surface area contributed by atoms with E-state index >= 15 is 0 Å². The molecule has 1 N–H and O–H groups in total. The maximum absolute atomic E-state index is 12.4. The lowest BCUT2D eigenvalue weighted by Gasteiger charge is -2.32. The molecular weight excluding hydrogens is 415 g/mol. The van der Waals surface area contributed by atoms with Gasteiger partial charge in [-0.25, -0.2) is 4.79 Å². The summed E-state index contributed by atoms with van der Waals surface area (Å²) in [4.78, 5) is 26.0. The number of piperidine rings is 1. The zero-order chi connectivity index (χ0) is 20.6. The van der Waals surface area contributed by atoms with Crippen LogP contribution in [0.1, 0.15) is 18.4 Å². The fraction of sp³-hybridized carbons (Fsp3) is 0.333. The SMILES string of the molecule is O=C(NC1CCN(C(=O)COc2ccc(Cl)cc2Cl)CC1)OCc1ccccc1. The molecule has 6 nitrogen and oxygen atoms in total. The zero-order valence-electron chi connectivity index (χ0n) is 15.8. The lowest BCUT2D eigenvalue weighted by atomic mass is 10.1. The number of ether oxygens (including phenoxy) is 2. The van der Waals surface area contributed by atoms with Gasteiger partial charge in [0, 0.05) is 24.2 Å². The van der Waals surface area contributed by atoms with Gasteiger partial charge in [-0.15, -0.1) is 0 Å². The van der Waals surface area contributed by atoms with E-state index in [0.717, 1.165) is 5.56 Å². The average Bonchev–Trinajstić information content (AvgIpc) is 2.73. The molecule has 3 rings (SSSR count). The first kappa shape index (κ1) is 21.3. The number of rotatable bonds is 6. The van der Waals surface area contributed by atoms with Crippen molar-refractivity contribution in [2.24, 2.45) is 0 Å². The third-order valence-electron chi connectivity index (χ3n) is 4.63. The van der Waals surface area contributed by atoms with Crippen LogP contribution in [0.2, 0.25) is 10.0 Å². The van der Waals surface area contributed by atoms with Crippen LogP contribution in [0.4, 0.5) is 4.79 Å². The quantitative estimate of drug-likeness (QED) is 0.732. The van der Waals surface area contributed by atoms with E-state index in [-0.39, 0.29) is 25.2 Å². The molecular formula is C21H22Cl2N2O4. The molecule has 0 aliphatic carbocycles. The predicted molar refractivity (Wildman–Crippen MR) is 111 cm³/mol. The molecule has 29 heavy (non-hydrogen) atoms. The second kappa shape index (κ2) is 10.4. The lowest BCUT2D eigenvalue weighted by molar-refractivity contribution is -0.134. The highest BCUT2D eigenvalue weighted by atomic mass is 35.5. The highest BCUT2D eigenvalue weighted by Gasteiger charge is 2.24. The summed E-state index contributed by atoms with van der Waals surface area (Å²) in [5, 5.41) is 3.73. The van der Waals surface area contributed by atoms with Gasteiger partial charge in [0.05, 0.1) is 5.02 Å². The first-order valence-corrected chi connectivity index (χ1v) is 10.1. The highest BCUT2D eigenvalue weighted by molar-refractivity contribution is 6.35. The molecule has 0 radical (unpaired) electrons. The number of nitrogens with zero attached hydrogens (tertiary/aromatic N) is 1. The molecule has 0 bridgehead atoms. The van der Waals surface area contributed by atoms with E-state index in [2.05, 4.69) is 5.32 Å². The van der Waals surface area contributed by atoms with Crippen molar-refractivity contribution in [3.8, 4) is 5.75 Å². The summed E-state index contributed by atoms with van der Waals surface area (Å²) in [6, 6.07) is 14.3. The molecule has 0 saturated carbocycles. The van der Waals surface area contributed by atoms with E-state index in [9.17, 15) is 9.59 Å². The highest BCUT2D eigenvalue weighted by Crippen LogP contribution is 2.27. The molecule has 1 saturated heterocycles. The molecule has 1 heterocycles. The monoisotopic (exact) mass is 436 g/mol. The third-order valence-corrected chi connectivity index (χ3v) is 5.16. The number of hydrogen-bond donors (Lipinski definition) is 1. The fourth-order valence-electron chi connectivity index (χ4n) is 3.03. The summed E-state index contributed by atoms with van der Waals surface area (Å²) in [5.74, 6) is 0.295. The van der Waals surface area contributed by atoms with Gasteiger partial charge in [-0.2, -0.15) is 0 Å². The standard InChI is InChI=1S/C21H22Cl2N2O4/c22-16-6-7-19(18(23)12-16)28-14-20(26)25-10-8-17(9-11-25)24-21(27)29-13-15-4-2-1-3-5-15/h1-7,12,17H,8-11,13-14H2,(H,24,27). The molecule has 2 aromatic rings. The van der Waals surface area contributed by atoms with E-state index < -0.39 is 6.09 Å². The van der Waals surface area contributed by atoms with Crippen molar-refractivity contribution in [2.75, 3.05) is 19.7 Å². The number of carbonyl (C=O) groups excluding carboxylic acids is 2. The number of carbonyl (C=O) groups is 2. The van der Waals surface area contributed by atoms with Crippen LogP contribution in [0.3, 0.4) is 0 Å². The molecule has 0 unspecified atom stereocenters. The Balaban J connectivity index is 1.37. The van der Waals surface area contributed by atoms with Crippen molar-refractivity contribution < 1.29 is 19.1 Å². The largest absolute Gasteiger partial charge is 0.482 e. The van der Waals surface area contributed by atoms with E-state index in [1.807, 2.05) is 30.3 Å². The molecule has 8 heteroatoms. The Bertz CT molecular complexity index is 840. The summed E-state index contributed by atoms with van der Waals surface area (Å²) in [5.41, 5.74) is 0.934. The summed E-state index contributed by atoms with van der Waals surface area (Å²) in [6.45, 7) is 1.22. The van der Waals surface area contributed by atoms with Gasteiger partial charge in [0.25, 0.3) is 5.91 Å². The van der Waals surface area contributed by atoms with Crippen molar-refractivity contribution in [3.05, 3.63) is 64.1 Å². The van der Waals surface area contributed by atoms with E-state index in [4.69, 9.17) is 32.7 Å². The minimum atomic E-state index is -0.445. The Labute approximate surface area is 179 Å². The Morgan fingerprint density at radius 3 is 2.48 bits per heavy atom. The number of halogens is 2. The van der Waals surface area contributed by atoms with Crippen LogP contribution in [0.15, 0.2) is 48.5 Å². The number of likely N-dealkylation sites (tertiary alicyclic amines) is 1. The maximum atomic E-state index is 12.4. The molecule has 1 aliphatic heterocycles. The normalized spacial score (nSPS) is 14.3. The van der Waals surface area contributed by atoms with E-state index in [1.165, 1.54) is 0 Å². The van der Waals surface area contributed by atoms with Gasteiger partial charge >= 0.3 is 6.09 Å². The maximum Gasteiger partial charge on any atom is 0.407 e. The van der Waals surface area contributed by atoms with Crippen LogP contribution < -0.4 is 10.1 Å². The molecule has 2 amide bonds. The number of hydrogen-bond acceptors (Lipinski definition) is 4. The Morgan fingerprint density at radius 2 is 1.79 bits per heavy atom. The summed E-state index contributed by atoms with van der Waals surface area (Å²) in [6.07, 6.45) is 0.876. The minimum absolute atomic E-state index is 0.0195. The van der Waals surface area contributed by atoms with E-state index in [0.29, 0.717) is 41.7 Å². The van der Waals surface area contributed by atoms with Crippen molar-refractivity contribution in [3.63, 3.8) is 0 Å². The van der Waals surface area contributed by atoms with Gasteiger partial charge in [-0.1, -0.05) is 53.5 Å². The second-order valence-electron chi connectivity index (χ2n) is 6.72. The number of benzene rings is 2. The third kappa shape index (κ3) is 6.54. The molecule has 2 aromatic carbocycles. The van der Waals surface area contributed by atoms with Gasteiger partial charge in [-0.05, 0) is 36.6 Å². The van der Waals surface area contributed by atoms with Crippen LogP contribution >= 0.6 is 23.2 Å². The topological polar surface area (TPSA) is 67.9 Å². The molecule has 0 atom stereocenters. The first-order valence-electron chi connectivity index (χ1n) is 9.34. The molecule has 1 fully saturated rings. The van der Waals surface area contributed by atoms with Crippen LogP contribution in [0.5, 0.6) is 5.75 Å². The van der Waals surface area contributed by atoms with Gasteiger partial charge in [0.1, 0.15) is 12.4 Å². The van der Waals surface area contributed by atoms with Crippen molar-refractivity contribution >= 4 is 35.2 Å². The fourth-order valence-corrected chi connectivity index (χ4v) is 3.49. The van der Waals surface area contributed by atoms with Crippen LogP contribution in [-0.2, 0) is 16.1 Å². The predicted octanol–water partition coefficient (Wildman–Crippen LogP) is 4.29. The van der Waals surface area contributed by atoms with Crippen molar-refractivity contribution in [1.82, 2.24) is 10.2 Å². The Kier molecular flexibility index (Phi) is 7.61. The van der Waals surface area contributed by atoms with Gasteiger partial charge < -0.3 is 19.7 Å². The molecule has 1 aliphatic rings. The van der Waals surface area contributed by atoms with Crippen molar-refractivity contribution in [1.29, 1.82) is 0 Å². The molecule has 0 spiro atoms. The van der Waals surface area contributed by atoms with Crippen molar-refractivity contribution in [2.45, 2.75) is 25.5 Å². The number of alkyl carbamates (subject to hydrolysis) is 1. The van der Waals surface area contributed by atoms with Gasteiger partial charge in [0.2, 0.25) is 0 Å². The van der Waals surface area contributed by atoms with Gasteiger partial charge in [0.15, 0.2) is 6.61 Å². The number of amides is 2. The smallest absolute Gasteiger partial charge is 0.407 e. The Hall–Kier alpha value is -2.44. The minimum Gasteiger partial charge on any atom is -0.482 e. The molecule has 0 aromatic heterocycles. The lowest BCUT2D eigenvalue weighted by Crippen LogP contribution is -2.47. The van der Waals surface area contributed by atoms with Crippen LogP contribution in [-0.4, -0.2) is 42.6 Å². The van der Waals surface area contributed by atoms with Crippen LogP contribution in [0.25, 0.3) is 0 Å². The Morgan fingerprint density at radius 1 is 1.07 bits per heavy atom.